The Morgan fingerprint density at radius 1 is 1.15 bits per heavy atom. The first kappa shape index (κ1) is 18.2. The minimum absolute atomic E-state index is 0.139. The molecular formula is C18H19F3N4O. The molecule has 138 valence electrons. The van der Waals surface area contributed by atoms with Gasteiger partial charge in [0.2, 0.25) is 0 Å². The Morgan fingerprint density at radius 2 is 1.81 bits per heavy atom. The van der Waals surface area contributed by atoms with Crippen LogP contribution in [-0.4, -0.2) is 40.9 Å². The van der Waals surface area contributed by atoms with Crippen molar-refractivity contribution in [3.05, 3.63) is 53.5 Å². The van der Waals surface area contributed by atoms with Crippen LogP contribution < -0.4 is 4.90 Å². The van der Waals surface area contributed by atoms with Gasteiger partial charge in [-0.25, -0.2) is 4.98 Å². The molecule has 1 aromatic heterocycles. The molecule has 0 unspecified atom stereocenters. The van der Waals surface area contributed by atoms with Crippen molar-refractivity contribution in [2.75, 3.05) is 25.0 Å². The van der Waals surface area contributed by atoms with Gasteiger partial charge in [-0.3, -0.25) is 9.78 Å². The zero-order chi connectivity index (χ0) is 18.7. The van der Waals surface area contributed by atoms with Gasteiger partial charge in [0, 0.05) is 26.7 Å². The Hall–Kier alpha value is -2.64. The van der Waals surface area contributed by atoms with Crippen LogP contribution in [0.15, 0.2) is 36.7 Å². The number of rotatable bonds is 4. The topological polar surface area (TPSA) is 49.3 Å². The van der Waals surface area contributed by atoms with Gasteiger partial charge in [-0.05, 0) is 30.5 Å². The van der Waals surface area contributed by atoms with E-state index in [0.717, 1.165) is 38.1 Å². The van der Waals surface area contributed by atoms with E-state index in [2.05, 4.69) is 9.97 Å². The molecule has 8 heteroatoms. The lowest BCUT2D eigenvalue weighted by Gasteiger charge is -2.20. The van der Waals surface area contributed by atoms with Gasteiger partial charge in [-0.15, -0.1) is 0 Å². The number of carbonyl (C=O) groups excluding carboxylic acids is 1. The third-order valence-corrected chi connectivity index (χ3v) is 4.33. The number of amides is 1. The highest BCUT2D eigenvalue weighted by Crippen LogP contribution is 2.29. The van der Waals surface area contributed by atoms with E-state index in [4.69, 9.17) is 0 Å². The lowest BCUT2D eigenvalue weighted by atomic mass is 10.1. The second kappa shape index (κ2) is 7.31. The number of nitrogens with zero attached hydrogens (tertiary/aromatic N) is 4. The molecule has 5 nitrogen and oxygen atoms in total. The SMILES string of the molecule is CN(Cc1ccc(C(F)(F)F)cc1)c1cncc(C(=O)N2CCCC2)n1. The van der Waals surface area contributed by atoms with Crippen LogP contribution in [0, 0.1) is 0 Å². The first-order valence-electron chi connectivity index (χ1n) is 8.33. The lowest BCUT2D eigenvalue weighted by Crippen LogP contribution is -2.29. The van der Waals surface area contributed by atoms with Crippen LogP contribution in [0.3, 0.4) is 0 Å². The monoisotopic (exact) mass is 364 g/mol. The van der Waals surface area contributed by atoms with E-state index < -0.39 is 11.7 Å². The largest absolute Gasteiger partial charge is 0.416 e. The molecule has 1 aliphatic heterocycles. The Labute approximate surface area is 149 Å². The molecule has 0 radical (unpaired) electrons. The van der Waals surface area contributed by atoms with E-state index in [-0.39, 0.29) is 11.6 Å². The number of anilines is 1. The molecule has 1 aliphatic rings. The fourth-order valence-electron chi connectivity index (χ4n) is 2.88. The molecule has 1 fully saturated rings. The van der Waals surface area contributed by atoms with Crippen LogP contribution in [0.5, 0.6) is 0 Å². The summed E-state index contributed by atoms with van der Waals surface area (Å²) in [5.74, 6) is 0.356. The maximum absolute atomic E-state index is 12.6. The Kier molecular flexibility index (Phi) is 5.11. The van der Waals surface area contributed by atoms with Gasteiger partial charge in [-0.2, -0.15) is 13.2 Å². The van der Waals surface area contributed by atoms with Crippen molar-refractivity contribution in [1.29, 1.82) is 0 Å². The summed E-state index contributed by atoms with van der Waals surface area (Å²) in [6.45, 7) is 1.81. The van der Waals surface area contributed by atoms with E-state index in [9.17, 15) is 18.0 Å². The Bertz CT molecular complexity index is 771. The number of alkyl halides is 3. The van der Waals surface area contributed by atoms with E-state index in [1.54, 1.807) is 16.8 Å². The van der Waals surface area contributed by atoms with Gasteiger partial charge < -0.3 is 9.80 Å². The molecule has 3 rings (SSSR count). The highest BCUT2D eigenvalue weighted by atomic mass is 19.4. The third-order valence-electron chi connectivity index (χ3n) is 4.33. The zero-order valence-electron chi connectivity index (χ0n) is 14.3. The maximum Gasteiger partial charge on any atom is 0.416 e. The summed E-state index contributed by atoms with van der Waals surface area (Å²) in [5, 5.41) is 0. The maximum atomic E-state index is 12.6. The van der Waals surface area contributed by atoms with Gasteiger partial charge in [0.15, 0.2) is 0 Å². The van der Waals surface area contributed by atoms with Crippen LogP contribution in [0.4, 0.5) is 19.0 Å². The summed E-state index contributed by atoms with van der Waals surface area (Å²) >= 11 is 0. The van der Waals surface area contributed by atoms with Gasteiger partial charge in [0.1, 0.15) is 11.5 Å². The molecule has 1 amide bonds. The molecule has 26 heavy (non-hydrogen) atoms. The number of halogens is 3. The predicted octanol–water partition coefficient (Wildman–Crippen LogP) is 3.37. The third kappa shape index (κ3) is 4.12. The molecule has 1 saturated heterocycles. The van der Waals surface area contributed by atoms with Crippen molar-refractivity contribution in [3.63, 3.8) is 0 Å². The molecular weight excluding hydrogens is 345 g/mol. The number of likely N-dealkylation sites (tertiary alicyclic amines) is 1. The van der Waals surface area contributed by atoms with Crippen molar-refractivity contribution in [3.8, 4) is 0 Å². The summed E-state index contributed by atoms with van der Waals surface area (Å²) in [7, 11) is 1.76. The Balaban J connectivity index is 1.70. The fraction of sp³-hybridized carbons (Fsp3) is 0.389. The quantitative estimate of drug-likeness (QED) is 0.835. The molecule has 2 heterocycles. The predicted molar refractivity (Wildman–Crippen MR) is 90.7 cm³/mol. The molecule has 0 saturated carbocycles. The molecule has 0 spiro atoms. The molecule has 0 N–H and O–H groups in total. The minimum Gasteiger partial charge on any atom is -0.354 e. The second-order valence-electron chi connectivity index (χ2n) is 6.31. The number of carbonyl (C=O) groups is 1. The Morgan fingerprint density at radius 3 is 2.42 bits per heavy atom. The van der Waals surface area contributed by atoms with Gasteiger partial charge >= 0.3 is 6.18 Å². The normalized spacial score (nSPS) is 14.5. The van der Waals surface area contributed by atoms with Crippen molar-refractivity contribution < 1.29 is 18.0 Å². The first-order valence-corrected chi connectivity index (χ1v) is 8.33. The standard InChI is InChI=1S/C18H19F3N4O/c1-24(12-13-4-6-14(7-5-13)18(19,20)21)16-11-22-10-15(23-16)17(26)25-8-2-3-9-25/h4-7,10-11H,2-3,8-9,12H2,1H3. The number of aromatic nitrogens is 2. The van der Waals surface area contributed by atoms with Crippen LogP contribution in [0.2, 0.25) is 0 Å². The summed E-state index contributed by atoms with van der Waals surface area (Å²) in [5.41, 5.74) is 0.309. The first-order chi connectivity index (χ1) is 12.3. The van der Waals surface area contributed by atoms with E-state index in [1.807, 2.05) is 0 Å². The van der Waals surface area contributed by atoms with Gasteiger partial charge in [0.25, 0.3) is 5.91 Å². The summed E-state index contributed by atoms with van der Waals surface area (Å²) in [6.07, 6.45) is 0.612. The summed E-state index contributed by atoms with van der Waals surface area (Å²) in [4.78, 5) is 24.4. The number of hydrogen-bond donors (Lipinski definition) is 0. The average molecular weight is 364 g/mol. The molecule has 0 bridgehead atoms. The number of benzene rings is 1. The highest BCUT2D eigenvalue weighted by molar-refractivity contribution is 5.92. The smallest absolute Gasteiger partial charge is 0.354 e. The molecule has 1 aromatic carbocycles. The van der Waals surface area contributed by atoms with Crippen molar-refractivity contribution in [2.45, 2.75) is 25.6 Å². The van der Waals surface area contributed by atoms with E-state index in [0.29, 0.717) is 17.9 Å². The van der Waals surface area contributed by atoms with Gasteiger partial charge in [0.05, 0.1) is 18.0 Å². The zero-order valence-corrected chi connectivity index (χ0v) is 14.3. The molecule has 2 aromatic rings. The van der Waals surface area contributed by atoms with Crippen LogP contribution in [0.1, 0.15) is 34.5 Å². The van der Waals surface area contributed by atoms with E-state index >= 15 is 0 Å². The summed E-state index contributed by atoms with van der Waals surface area (Å²) in [6, 6.07) is 4.99. The number of hydrogen-bond acceptors (Lipinski definition) is 4. The van der Waals surface area contributed by atoms with Crippen molar-refractivity contribution in [2.24, 2.45) is 0 Å². The summed E-state index contributed by atoms with van der Waals surface area (Å²) < 4.78 is 37.9. The van der Waals surface area contributed by atoms with Crippen LogP contribution >= 0.6 is 0 Å². The second-order valence-corrected chi connectivity index (χ2v) is 6.31. The fourth-order valence-corrected chi connectivity index (χ4v) is 2.88. The molecule has 0 atom stereocenters. The lowest BCUT2D eigenvalue weighted by molar-refractivity contribution is -0.137. The van der Waals surface area contributed by atoms with Crippen LogP contribution in [0.25, 0.3) is 0 Å². The highest BCUT2D eigenvalue weighted by Gasteiger charge is 2.30. The van der Waals surface area contributed by atoms with Crippen LogP contribution in [-0.2, 0) is 12.7 Å². The van der Waals surface area contributed by atoms with Crippen molar-refractivity contribution >= 4 is 11.7 Å². The van der Waals surface area contributed by atoms with E-state index in [1.165, 1.54) is 24.5 Å². The van der Waals surface area contributed by atoms with Gasteiger partial charge in [-0.1, -0.05) is 12.1 Å². The molecule has 0 aliphatic carbocycles. The van der Waals surface area contributed by atoms with Crippen molar-refractivity contribution in [1.82, 2.24) is 14.9 Å². The minimum atomic E-state index is -4.35. The average Bonchev–Trinajstić information content (AvgIpc) is 3.15.